The van der Waals surface area contributed by atoms with Crippen LogP contribution in [0.4, 0.5) is 10.5 Å². The molecule has 3 heterocycles. The minimum absolute atomic E-state index is 0.0728. The molecule has 0 aliphatic carbocycles. The lowest BCUT2D eigenvalue weighted by molar-refractivity contribution is -0.0219. The monoisotopic (exact) mass is 407 g/mol. The number of pyridine rings is 1. The zero-order valence-corrected chi connectivity index (χ0v) is 17.3. The first kappa shape index (κ1) is 19.9. The van der Waals surface area contributed by atoms with Gasteiger partial charge in [-0.15, -0.1) is 0 Å². The van der Waals surface area contributed by atoms with E-state index >= 15 is 0 Å². The fourth-order valence-corrected chi connectivity index (χ4v) is 3.10. The molecule has 4 rings (SSSR count). The van der Waals surface area contributed by atoms with Crippen LogP contribution in [0, 0.1) is 0 Å². The Morgan fingerprint density at radius 3 is 2.67 bits per heavy atom. The van der Waals surface area contributed by atoms with E-state index in [0.29, 0.717) is 25.4 Å². The van der Waals surface area contributed by atoms with E-state index in [2.05, 4.69) is 20.3 Å². The average Bonchev–Trinajstić information content (AvgIpc) is 2.68. The Labute approximate surface area is 175 Å². The summed E-state index contributed by atoms with van der Waals surface area (Å²) in [6.07, 6.45) is 6.42. The smallest absolute Gasteiger partial charge is 0.410 e. The lowest BCUT2D eigenvalue weighted by Crippen LogP contribution is -2.57. The molecule has 1 amide bonds. The number of fused-ring (bicyclic) bond motifs is 1. The average molecular weight is 407 g/mol. The number of rotatable bonds is 5. The van der Waals surface area contributed by atoms with Crippen LogP contribution in [0.25, 0.3) is 11.0 Å². The number of aromatic nitrogens is 3. The Hall–Kier alpha value is -3.42. The molecule has 0 radical (unpaired) electrons. The van der Waals surface area contributed by atoms with Gasteiger partial charge in [0.2, 0.25) is 0 Å². The first-order chi connectivity index (χ1) is 14.4. The minimum Gasteiger partial charge on any atom is -0.484 e. The number of nitrogens with one attached hydrogen (secondary N) is 1. The third-order valence-electron chi connectivity index (χ3n) is 4.59. The largest absolute Gasteiger partial charge is 0.484 e. The van der Waals surface area contributed by atoms with Crippen LogP contribution in [0.3, 0.4) is 0 Å². The van der Waals surface area contributed by atoms with Crippen molar-refractivity contribution in [2.24, 2.45) is 0 Å². The van der Waals surface area contributed by atoms with Gasteiger partial charge in [0.1, 0.15) is 17.5 Å². The highest BCUT2D eigenvalue weighted by molar-refractivity contribution is 5.74. The fourth-order valence-electron chi connectivity index (χ4n) is 3.10. The van der Waals surface area contributed by atoms with Crippen LogP contribution in [0.1, 0.15) is 26.3 Å². The number of hydrogen-bond donors (Lipinski definition) is 1. The predicted molar refractivity (Wildman–Crippen MR) is 113 cm³/mol. The molecule has 8 nitrogen and oxygen atoms in total. The van der Waals surface area contributed by atoms with E-state index in [1.165, 1.54) is 0 Å². The maximum absolute atomic E-state index is 12.1. The molecule has 0 spiro atoms. The number of ether oxygens (including phenoxy) is 2. The molecule has 0 saturated carbocycles. The molecule has 1 fully saturated rings. The highest BCUT2D eigenvalue weighted by atomic mass is 16.6. The third kappa shape index (κ3) is 4.76. The Morgan fingerprint density at radius 1 is 1.13 bits per heavy atom. The van der Waals surface area contributed by atoms with Gasteiger partial charge in [-0.25, -0.2) is 4.79 Å². The van der Waals surface area contributed by atoms with Gasteiger partial charge in [0.05, 0.1) is 36.0 Å². The summed E-state index contributed by atoms with van der Waals surface area (Å²) in [6.45, 7) is 7.17. The van der Waals surface area contributed by atoms with Crippen LogP contribution in [0.2, 0.25) is 0 Å². The quantitative estimate of drug-likeness (QED) is 0.691. The van der Waals surface area contributed by atoms with Crippen LogP contribution in [0.15, 0.2) is 49.1 Å². The molecule has 0 bridgehead atoms. The van der Waals surface area contributed by atoms with E-state index in [4.69, 9.17) is 9.47 Å². The molecule has 30 heavy (non-hydrogen) atoms. The zero-order valence-electron chi connectivity index (χ0n) is 17.3. The number of anilines is 1. The molecule has 1 aliphatic heterocycles. The van der Waals surface area contributed by atoms with E-state index in [1.807, 2.05) is 45.0 Å². The molecule has 0 unspecified atom stereocenters. The molecule has 0 atom stereocenters. The van der Waals surface area contributed by atoms with Gasteiger partial charge in [-0.3, -0.25) is 15.0 Å². The van der Waals surface area contributed by atoms with Crippen molar-refractivity contribution in [3.63, 3.8) is 0 Å². The first-order valence-corrected chi connectivity index (χ1v) is 9.89. The van der Waals surface area contributed by atoms with Crippen molar-refractivity contribution in [3.05, 3.63) is 54.6 Å². The second-order valence-electron chi connectivity index (χ2n) is 8.23. The number of hydrogen-bond acceptors (Lipinski definition) is 7. The molecule has 156 valence electrons. The summed E-state index contributed by atoms with van der Waals surface area (Å²) >= 11 is 0. The van der Waals surface area contributed by atoms with Crippen molar-refractivity contribution in [3.8, 4) is 5.75 Å². The first-order valence-electron chi connectivity index (χ1n) is 9.89. The van der Waals surface area contributed by atoms with Crippen molar-refractivity contribution in [2.75, 3.05) is 18.4 Å². The van der Waals surface area contributed by atoms with Gasteiger partial charge in [0, 0.05) is 31.2 Å². The van der Waals surface area contributed by atoms with Crippen LogP contribution in [-0.2, 0) is 11.3 Å². The number of amides is 1. The Morgan fingerprint density at radius 2 is 1.90 bits per heavy atom. The van der Waals surface area contributed by atoms with Crippen molar-refractivity contribution < 1.29 is 14.3 Å². The maximum atomic E-state index is 12.1. The molecule has 8 heteroatoms. The maximum Gasteiger partial charge on any atom is 0.410 e. The summed E-state index contributed by atoms with van der Waals surface area (Å²) in [5.74, 6) is 0.708. The number of likely N-dealkylation sites (tertiary alicyclic amines) is 1. The highest BCUT2D eigenvalue weighted by Gasteiger charge is 2.35. The molecule has 3 aromatic rings. The summed E-state index contributed by atoms with van der Waals surface area (Å²) in [5, 5.41) is 3.37. The van der Waals surface area contributed by atoms with E-state index in [9.17, 15) is 4.79 Å². The van der Waals surface area contributed by atoms with Crippen molar-refractivity contribution in [1.82, 2.24) is 19.9 Å². The van der Waals surface area contributed by atoms with E-state index in [0.717, 1.165) is 22.3 Å². The van der Waals surface area contributed by atoms with Crippen molar-refractivity contribution >= 4 is 22.8 Å². The van der Waals surface area contributed by atoms with Crippen molar-refractivity contribution in [2.45, 2.75) is 39.0 Å². The zero-order chi connectivity index (χ0) is 21.1. The van der Waals surface area contributed by atoms with Crippen LogP contribution in [-0.4, -0.2) is 50.7 Å². The number of carbonyl (C=O) groups excluding carboxylic acids is 1. The summed E-state index contributed by atoms with van der Waals surface area (Å²) < 4.78 is 11.5. The minimum atomic E-state index is -0.500. The summed E-state index contributed by atoms with van der Waals surface area (Å²) in [5.41, 5.74) is 3.10. The van der Waals surface area contributed by atoms with Gasteiger partial charge in [-0.1, -0.05) is 6.07 Å². The lowest BCUT2D eigenvalue weighted by atomic mass is 10.1. The van der Waals surface area contributed by atoms with Gasteiger partial charge in [-0.05, 0) is 38.5 Å². The highest BCUT2D eigenvalue weighted by Crippen LogP contribution is 2.27. The number of benzene rings is 1. The van der Waals surface area contributed by atoms with Gasteiger partial charge >= 0.3 is 6.09 Å². The van der Waals surface area contributed by atoms with Crippen LogP contribution >= 0.6 is 0 Å². The van der Waals surface area contributed by atoms with Crippen molar-refractivity contribution in [1.29, 1.82) is 0 Å². The van der Waals surface area contributed by atoms with E-state index in [1.54, 1.807) is 29.7 Å². The Kier molecular flexibility index (Phi) is 5.39. The molecule has 1 N–H and O–H groups in total. The molecule has 1 saturated heterocycles. The topological polar surface area (TPSA) is 89.5 Å². The van der Waals surface area contributed by atoms with Crippen LogP contribution < -0.4 is 10.1 Å². The van der Waals surface area contributed by atoms with Gasteiger partial charge < -0.3 is 19.7 Å². The fraction of sp³-hybridized carbons (Fsp3) is 0.364. The van der Waals surface area contributed by atoms with E-state index < -0.39 is 5.60 Å². The molecule has 1 aliphatic rings. The molecular formula is C22H25N5O3. The third-order valence-corrected chi connectivity index (χ3v) is 4.59. The Bertz CT molecular complexity index is 1040. The summed E-state index contributed by atoms with van der Waals surface area (Å²) in [4.78, 5) is 26.5. The van der Waals surface area contributed by atoms with Gasteiger partial charge in [0.25, 0.3) is 0 Å². The Balaban J connectivity index is 1.35. The summed E-state index contributed by atoms with van der Waals surface area (Å²) in [6, 6.07) is 7.81. The van der Waals surface area contributed by atoms with E-state index in [-0.39, 0.29) is 12.2 Å². The normalized spacial score (nSPS) is 14.3. The second-order valence-corrected chi connectivity index (χ2v) is 8.23. The second kappa shape index (κ2) is 8.14. The number of nitrogens with zero attached hydrogens (tertiary/aromatic N) is 4. The van der Waals surface area contributed by atoms with Crippen LogP contribution in [0.5, 0.6) is 5.75 Å². The predicted octanol–water partition coefficient (Wildman–Crippen LogP) is 3.64. The standard InChI is InChI=1S/C22H25N5O3/c1-22(2,3)30-21(28)27-13-16(14-27)29-20-6-7-23-12-19(20)26-11-15-4-5-17-18(10-15)25-9-8-24-17/h4-10,12,16,26H,11,13-14H2,1-3H3. The van der Waals surface area contributed by atoms with Gasteiger partial charge in [0.15, 0.2) is 0 Å². The SMILES string of the molecule is CC(C)(C)OC(=O)N1CC(Oc2ccncc2NCc2ccc3nccnc3c2)C1. The molecule has 1 aromatic carbocycles. The molecular weight excluding hydrogens is 382 g/mol. The molecule has 2 aromatic heterocycles. The van der Waals surface area contributed by atoms with Gasteiger partial charge in [-0.2, -0.15) is 0 Å². The lowest BCUT2D eigenvalue weighted by Gasteiger charge is -2.39. The number of carbonyl (C=O) groups is 1. The summed E-state index contributed by atoms with van der Waals surface area (Å²) in [7, 11) is 0.